The number of aliphatic imine (C=N–C) groups is 1. The van der Waals surface area contributed by atoms with E-state index in [4.69, 9.17) is 0 Å². The Morgan fingerprint density at radius 1 is 1.43 bits per heavy atom. The van der Waals surface area contributed by atoms with Crippen molar-refractivity contribution in [1.29, 1.82) is 0 Å². The molecule has 1 aliphatic carbocycles. The molecule has 0 amide bonds. The Morgan fingerprint density at radius 2 is 2.36 bits per heavy atom. The molecule has 3 heteroatoms. The Balaban J connectivity index is 0.000000750. The van der Waals surface area contributed by atoms with E-state index in [1.54, 1.807) is 5.70 Å². The lowest BCUT2D eigenvalue weighted by molar-refractivity contribution is 0.462. The summed E-state index contributed by atoms with van der Waals surface area (Å²) in [5, 5.41) is 0. The van der Waals surface area contributed by atoms with E-state index < -0.39 is 0 Å². The van der Waals surface area contributed by atoms with Gasteiger partial charge < -0.3 is 4.90 Å². The molecule has 76 valence electrons. The fourth-order valence-electron chi connectivity index (χ4n) is 2.67. The summed E-state index contributed by atoms with van der Waals surface area (Å²) >= 11 is 0. The largest absolute Gasteiger partial charge is 0.342 e. The Morgan fingerprint density at radius 3 is 3.29 bits per heavy atom. The molecular formula is C11H15ClN2. The number of hydrogen-bond donors (Lipinski definition) is 0. The maximum atomic E-state index is 4.20. The van der Waals surface area contributed by atoms with Gasteiger partial charge in [0.15, 0.2) is 0 Å². The number of hydrogen-bond acceptors (Lipinski definition) is 2. The molecule has 0 spiro atoms. The first-order valence-corrected chi connectivity index (χ1v) is 5.13. The Labute approximate surface area is 90.8 Å². The first-order chi connectivity index (χ1) is 6.45. The van der Waals surface area contributed by atoms with Gasteiger partial charge in [0.25, 0.3) is 0 Å². The lowest BCUT2D eigenvalue weighted by atomic mass is 9.92. The summed E-state index contributed by atoms with van der Waals surface area (Å²) in [6.45, 7) is 0. The molecule has 3 rings (SSSR count). The van der Waals surface area contributed by atoms with E-state index in [0.29, 0.717) is 6.04 Å². The average Bonchev–Trinajstić information content (AvgIpc) is 2.56. The van der Waals surface area contributed by atoms with Crippen LogP contribution in [0.3, 0.4) is 0 Å². The van der Waals surface area contributed by atoms with Crippen molar-refractivity contribution in [1.82, 2.24) is 4.90 Å². The van der Waals surface area contributed by atoms with Crippen LogP contribution in [0.25, 0.3) is 0 Å². The minimum Gasteiger partial charge on any atom is -0.342 e. The molecule has 0 aromatic carbocycles. The highest BCUT2D eigenvalue weighted by atomic mass is 35.5. The molecule has 1 fully saturated rings. The monoisotopic (exact) mass is 210 g/mol. The van der Waals surface area contributed by atoms with E-state index in [0.717, 1.165) is 5.92 Å². The van der Waals surface area contributed by atoms with Gasteiger partial charge in [0.05, 0.1) is 6.04 Å². The molecular weight excluding hydrogens is 196 g/mol. The quantitative estimate of drug-likeness (QED) is 0.600. The van der Waals surface area contributed by atoms with Crippen LogP contribution in [0, 0.1) is 5.92 Å². The van der Waals surface area contributed by atoms with Crippen molar-refractivity contribution in [2.75, 3.05) is 0 Å². The third-order valence-electron chi connectivity index (χ3n) is 3.28. The molecule has 2 nitrogen and oxygen atoms in total. The number of fused-ring (bicyclic) bond motifs is 3. The molecule has 0 bridgehead atoms. The molecule has 0 aromatic heterocycles. The third-order valence-corrected chi connectivity index (χ3v) is 3.28. The van der Waals surface area contributed by atoms with Gasteiger partial charge in [-0.3, -0.25) is 4.99 Å². The van der Waals surface area contributed by atoms with Crippen LogP contribution in [0.2, 0.25) is 0 Å². The number of nitrogens with zero attached hydrogens (tertiary/aromatic N) is 2. The topological polar surface area (TPSA) is 15.6 Å². The Kier molecular flexibility index (Phi) is 2.64. The molecule has 1 saturated heterocycles. The van der Waals surface area contributed by atoms with Crippen LogP contribution in [0.1, 0.15) is 25.7 Å². The highest BCUT2D eigenvalue weighted by Crippen LogP contribution is 2.39. The molecule has 2 unspecified atom stereocenters. The fourth-order valence-corrected chi connectivity index (χ4v) is 2.67. The molecule has 2 aliphatic heterocycles. The van der Waals surface area contributed by atoms with Crippen molar-refractivity contribution in [3.63, 3.8) is 0 Å². The number of halogens is 1. The van der Waals surface area contributed by atoms with Crippen LogP contribution >= 0.6 is 12.4 Å². The summed E-state index contributed by atoms with van der Waals surface area (Å²) in [4.78, 5) is 6.60. The van der Waals surface area contributed by atoms with Crippen molar-refractivity contribution < 1.29 is 0 Å². The highest BCUT2D eigenvalue weighted by molar-refractivity contribution is 5.85. The van der Waals surface area contributed by atoms with Gasteiger partial charge in [-0.25, -0.2) is 0 Å². The normalized spacial score (nSPS) is 33.1. The predicted molar refractivity (Wildman–Crippen MR) is 60.5 cm³/mol. The van der Waals surface area contributed by atoms with Crippen molar-refractivity contribution in [2.24, 2.45) is 10.9 Å². The van der Waals surface area contributed by atoms with Gasteiger partial charge >= 0.3 is 0 Å². The van der Waals surface area contributed by atoms with Gasteiger partial charge in [0.2, 0.25) is 0 Å². The zero-order valence-electron chi connectivity index (χ0n) is 8.10. The second-order valence-corrected chi connectivity index (χ2v) is 4.06. The first kappa shape index (κ1) is 9.78. The SMILES string of the molecule is C1=CN2C3=CCCCC3CC2C=N1.Cl. The minimum atomic E-state index is 0. The molecule has 2 heterocycles. The summed E-state index contributed by atoms with van der Waals surface area (Å²) in [6.07, 6.45) is 13.8. The molecule has 0 radical (unpaired) electrons. The van der Waals surface area contributed by atoms with Crippen LogP contribution in [-0.4, -0.2) is 17.2 Å². The molecule has 0 aromatic rings. The smallest absolute Gasteiger partial charge is 0.0691 e. The van der Waals surface area contributed by atoms with E-state index in [9.17, 15) is 0 Å². The number of rotatable bonds is 0. The maximum Gasteiger partial charge on any atom is 0.0691 e. The van der Waals surface area contributed by atoms with Crippen LogP contribution in [0.5, 0.6) is 0 Å². The van der Waals surface area contributed by atoms with Crippen molar-refractivity contribution in [2.45, 2.75) is 31.7 Å². The molecule has 0 saturated carbocycles. The molecule has 0 N–H and O–H groups in total. The minimum absolute atomic E-state index is 0. The van der Waals surface area contributed by atoms with Crippen LogP contribution in [0.4, 0.5) is 0 Å². The summed E-state index contributed by atoms with van der Waals surface area (Å²) in [5.41, 5.74) is 1.55. The molecule has 2 atom stereocenters. The second-order valence-electron chi connectivity index (χ2n) is 4.06. The van der Waals surface area contributed by atoms with E-state index >= 15 is 0 Å². The first-order valence-electron chi connectivity index (χ1n) is 5.13. The molecule has 14 heavy (non-hydrogen) atoms. The van der Waals surface area contributed by atoms with E-state index in [2.05, 4.69) is 28.4 Å². The Hall–Kier alpha value is -0.760. The van der Waals surface area contributed by atoms with E-state index in [1.807, 2.05) is 6.20 Å². The second kappa shape index (κ2) is 3.77. The van der Waals surface area contributed by atoms with Gasteiger partial charge in [-0.15, -0.1) is 12.4 Å². The fraction of sp³-hybridized carbons (Fsp3) is 0.545. The van der Waals surface area contributed by atoms with Crippen LogP contribution < -0.4 is 0 Å². The molecule has 3 aliphatic rings. The van der Waals surface area contributed by atoms with Gasteiger partial charge in [0.1, 0.15) is 0 Å². The van der Waals surface area contributed by atoms with Gasteiger partial charge in [-0.1, -0.05) is 6.08 Å². The van der Waals surface area contributed by atoms with Gasteiger partial charge in [0, 0.05) is 30.2 Å². The summed E-state index contributed by atoms with van der Waals surface area (Å²) < 4.78 is 0. The predicted octanol–water partition coefficient (Wildman–Crippen LogP) is 2.72. The standard InChI is InChI=1S/C11H14N2.ClH/c1-2-4-11-9(3-1)7-10-8-12-5-6-13(10)11;/h4-6,8-10H,1-3,7H2;1H. The number of allylic oxidation sites excluding steroid dienone is 2. The van der Waals surface area contributed by atoms with Crippen molar-refractivity contribution in [3.8, 4) is 0 Å². The zero-order chi connectivity index (χ0) is 8.67. The van der Waals surface area contributed by atoms with E-state index in [-0.39, 0.29) is 12.4 Å². The Bertz CT molecular complexity index is 306. The zero-order valence-corrected chi connectivity index (χ0v) is 8.91. The van der Waals surface area contributed by atoms with Crippen LogP contribution in [0.15, 0.2) is 29.2 Å². The highest BCUT2D eigenvalue weighted by Gasteiger charge is 2.35. The lowest BCUT2D eigenvalue weighted by Crippen LogP contribution is -2.26. The summed E-state index contributed by atoms with van der Waals surface area (Å²) in [5.74, 6) is 0.813. The summed E-state index contributed by atoms with van der Waals surface area (Å²) in [6, 6.07) is 0.555. The van der Waals surface area contributed by atoms with Gasteiger partial charge in [-0.05, 0) is 25.7 Å². The van der Waals surface area contributed by atoms with Crippen LogP contribution in [-0.2, 0) is 0 Å². The van der Waals surface area contributed by atoms with Crippen molar-refractivity contribution in [3.05, 3.63) is 24.2 Å². The van der Waals surface area contributed by atoms with E-state index in [1.165, 1.54) is 25.7 Å². The van der Waals surface area contributed by atoms with Crippen molar-refractivity contribution >= 4 is 18.6 Å². The van der Waals surface area contributed by atoms with Gasteiger partial charge in [-0.2, -0.15) is 0 Å². The maximum absolute atomic E-state index is 4.20. The third kappa shape index (κ3) is 1.38. The average molecular weight is 211 g/mol. The lowest BCUT2D eigenvalue weighted by Gasteiger charge is -2.25. The summed E-state index contributed by atoms with van der Waals surface area (Å²) in [7, 11) is 0.